The second-order valence-corrected chi connectivity index (χ2v) is 11.0. The lowest BCUT2D eigenvalue weighted by molar-refractivity contribution is 0.618. The Hall–Kier alpha value is -5.03. The number of aryl methyl sites for hydroxylation is 1. The molecule has 40 heavy (non-hydrogen) atoms. The van der Waals surface area contributed by atoms with E-state index in [2.05, 4.69) is 108 Å². The molecule has 8 aromatic rings. The predicted molar refractivity (Wildman–Crippen MR) is 162 cm³/mol. The van der Waals surface area contributed by atoms with Crippen LogP contribution in [0.15, 0.2) is 108 Å². The van der Waals surface area contributed by atoms with Gasteiger partial charge in [-0.25, -0.2) is 9.97 Å². The van der Waals surface area contributed by atoms with Crippen LogP contribution in [0.1, 0.15) is 30.8 Å². The number of imidazole rings is 1. The lowest BCUT2D eigenvalue weighted by atomic mass is 9.80. The molecule has 5 nitrogen and oxygen atoms in total. The maximum atomic E-state index is 6.29. The Kier molecular flexibility index (Phi) is 4.72. The first-order valence-electron chi connectivity index (χ1n) is 13.5. The average Bonchev–Trinajstić information content (AvgIpc) is 3.62. The molecule has 0 aliphatic carbocycles. The highest BCUT2D eigenvalue weighted by Crippen LogP contribution is 2.38. The number of furan rings is 1. The third kappa shape index (κ3) is 3.24. The van der Waals surface area contributed by atoms with Crippen molar-refractivity contribution in [2.45, 2.75) is 26.2 Å². The molecule has 5 heteroatoms. The van der Waals surface area contributed by atoms with E-state index in [0.717, 1.165) is 55.6 Å². The van der Waals surface area contributed by atoms with Gasteiger partial charge in [-0.1, -0.05) is 62.4 Å². The molecule has 8 rings (SSSR count). The number of fused-ring (bicyclic) bond motifs is 9. The zero-order valence-electron chi connectivity index (χ0n) is 22.5. The first-order valence-corrected chi connectivity index (χ1v) is 13.5. The lowest BCUT2D eigenvalue weighted by Crippen LogP contribution is -2.20. The summed E-state index contributed by atoms with van der Waals surface area (Å²) in [6, 6.07) is 31.8. The lowest BCUT2D eigenvalue weighted by Gasteiger charge is -2.26. The van der Waals surface area contributed by atoms with Crippen molar-refractivity contribution in [2.75, 3.05) is 0 Å². The SMILES string of the molecule is Cc1ccc2c(n1)oc1c(-c3cccc(C(C)(C)c4ccc5c6ccccc6n6ccnc6c5c4)n3)cccc12. The molecule has 192 valence electrons. The van der Waals surface area contributed by atoms with Gasteiger partial charge >= 0.3 is 0 Å². The van der Waals surface area contributed by atoms with Gasteiger partial charge in [0.15, 0.2) is 0 Å². The summed E-state index contributed by atoms with van der Waals surface area (Å²) >= 11 is 0. The summed E-state index contributed by atoms with van der Waals surface area (Å²) in [5.41, 5.74) is 8.22. The molecule has 0 bridgehead atoms. The van der Waals surface area contributed by atoms with Gasteiger partial charge < -0.3 is 4.42 Å². The minimum Gasteiger partial charge on any atom is -0.437 e. The van der Waals surface area contributed by atoms with Gasteiger partial charge in [0.25, 0.3) is 0 Å². The van der Waals surface area contributed by atoms with Gasteiger partial charge in [0, 0.05) is 50.6 Å². The molecule has 0 aliphatic heterocycles. The van der Waals surface area contributed by atoms with Crippen molar-refractivity contribution < 1.29 is 4.42 Å². The Balaban J connectivity index is 1.29. The summed E-state index contributed by atoms with van der Waals surface area (Å²) in [5, 5.41) is 5.64. The smallest absolute Gasteiger partial charge is 0.227 e. The van der Waals surface area contributed by atoms with Crippen LogP contribution in [0.4, 0.5) is 0 Å². The van der Waals surface area contributed by atoms with Crippen molar-refractivity contribution in [1.82, 2.24) is 19.4 Å². The molecule has 0 saturated carbocycles. The van der Waals surface area contributed by atoms with E-state index in [1.807, 2.05) is 25.4 Å². The number of hydrogen-bond donors (Lipinski definition) is 0. The molecule has 3 aromatic carbocycles. The van der Waals surface area contributed by atoms with E-state index in [1.165, 1.54) is 16.3 Å². The molecule has 0 spiro atoms. The Bertz CT molecular complexity index is 2270. The van der Waals surface area contributed by atoms with Crippen molar-refractivity contribution in [1.29, 1.82) is 0 Å². The van der Waals surface area contributed by atoms with Gasteiger partial charge in [0.2, 0.25) is 5.71 Å². The van der Waals surface area contributed by atoms with Crippen LogP contribution >= 0.6 is 0 Å². The quantitative estimate of drug-likeness (QED) is 0.220. The number of rotatable bonds is 3. The number of pyridine rings is 3. The third-order valence-electron chi connectivity index (χ3n) is 8.25. The summed E-state index contributed by atoms with van der Waals surface area (Å²) in [5.74, 6) is 0. The van der Waals surface area contributed by atoms with Gasteiger partial charge in [-0.2, -0.15) is 0 Å². The fourth-order valence-corrected chi connectivity index (χ4v) is 6.02. The highest BCUT2D eigenvalue weighted by molar-refractivity contribution is 6.12. The van der Waals surface area contributed by atoms with Crippen LogP contribution in [-0.2, 0) is 5.41 Å². The van der Waals surface area contributed by atoms with Crippen molar-refractivity contribution in [2.24, 2.45) is 0 Å². The van der Waals surface area contributed by atoms with Gasteiger partial charge in [0.05, 0.1) is 16.9 Å². The topological polar surface area (TPSA) is 56.2 Å². The van der Waals surface area contributed by atoms with Gasteiger partial charge in [-0.3, -0.25) is 9.38 Å². The average molecular weight is 519 g/mol. The van der Waals surface area contributed by atoms with E-state index < -0.39 is 0 Å². The molecule has 0 atom stereocenters. The van der Waals surface area contributed by atoms with E-state index in [9.17, 15) is 0 Å². The highest BCUT2D eigenvalue weighted by Gasteiger charge is 2.26. The van der Waals surface area contributed by atoms with Crippen molar-refractivity contribution >= 4 is 49.4 Å². The monoisotopic (exact) mass is 518 g/mol. The minimum atomic E-state index is -0.347. The summed E-state index contributed by atoms with van der Waals surface area (Å²) < 4.78 is 8.46. The molecule has 0 amide bonds. The maximum Gasteiger partial charge on any atom is 0.227 e. The molecule has 0 aliphatic rings. The fourth-order valence-electron chi connectivity index (χ4n) is 6.02. The molecule has 5 heterocycles. The maximum absolute atomic E-state index is 6.29. The number of nitrogens with zero attached hydrogens (tertiary/aromatic N) is 4. The van der Waals surface area contributed by atoms with E-state index in [0.29, 0.717) is 5.71 Å². The van der Waals surface area contributed by atoms with Gasteiger partial charge in [0.1, 0.15) is 11.2 Å². The van der Waals surface area contributed by atoms with E-state index in [1.54, 1.807) is 0 Å². The summed E-state index contributed by atoms with van der Waals surface area (Å²) in [7, 11) is 0. The molecule has 0 unspecified atom stereocenters. The van der Waals surface area contributed by atoms with Crippen LogP contribution in [0, 0.1) is 6.92 Å². The molecular weight excluding hydrogens is 492 g/mol. The Morgan fingerprint density at radius 2 is 1.55 bits per heavy atom. The number of benzene rings is 3. The van der Waals surface area contributed by atoms with Crippen LogP contribution in [-0.4, -0.2) is 19.4 Å². The highest BCUT2D eigenvalue weighted by atomic mass is 16.3. The van der Waals surface area contributed by atoms with Crippen LogP contribution in [0.3, 0.4) is 0 Å². The van der Waals surface area contributed by atoms with Crippen LogP contribution < -0.4 is 0 Å². The normalized spacial score (nSPS) is 12.4. The fraction of sp³-hybridized carbons (Fsp3) is 0.114. The molecule has 0 saturated heterocycles. The number of hydrogen-bond acceptors (Lipinski definition) is 4. The first-order chi connectivity index (χ1) is 19.5. The number of para-hydroxylation sites is 2. The predicted octanol–water partition coefficient (Wildman–Crippen LogP) is 8.63. The molecule has 0 fully saturated rings. The Labute approximate surface area is 230 Å². The molecule has 5 aromatic heterocycles. The second-order valence-electron chi connectivity index (χ2n) is 11.0. The van der Waals surface area contributed by atoms with Crippen molar-refractivity contribution in [3.63, 3.8) is 0 Å². The molecular formula is C35H26N4O. The van der Waals surface area contributed by atoms with Crippen LogP contribution in [0.25, 0.3) is 60.6 Å². The van der Waals surface area contributed by atoms with Crippen LogP contribution in [0.5, 0.6) is 0 Å². The summed E-state index contributed by atoms with van der Waals surface area (Å²) in [6.45, 7) is 6.45. The van der Waals surface area contributed by atoms with Gasteiger partial charge in [-0.15, -0.1) is 0 Å². The Morgan fingerprint density at radius 3 is 2.48 bits per heavy atom. The standard InChI is InChI=1S/C35H26N4O/c1-21-14-16-26-25-9-6-10-27(32(25)40-34(26)37-21)29-11-7-13-31(38-29)35(2,3)22-15-17-23-24-8-4-5-12-30(24)39-19-18-36-33(39)28(23)20-22/h4-20H,1-3H3. The Morgan fingerprint density at radius 1 is 0.725 bits per heavy atom. The zero-order valence-corrected chi connectivity index (χ0v) is 22.5. The van der Waals surface area contributed by atoms with E-state index in [-0.39, 0.29) is 5.41 Å². The van der Waals surface area contributed by atoms with E-state index in [4.69, 9.17) is 14.4 Å². The molecule has 0 N–H and O–H groups in total. The van der Waals surface area contributed by atoms with Crippen molar-refractivity contribution in [3.05, 3.63) is 120 Å². The summed E-state index contributed by atoms with van der Waals surface area (Å²) in [6.07, 6.45) is 3.91. The molecule has 0 radical (unpaired) electrons. The largest absolute Gasteiger partial charge is 0.437 e. The third-order valence-corrected chi connectivity index (χ3v) is 8.25. The minimum absolute atomic E-state index is 0.347. The van der Waals surface area contributed by atoms with Crippen LogP contribution in [0.2, 0.25) is 0 Å². The number of aromatic nitrogens is 4. The van der Waals surface area contributed by atoms with Crippen molar-refractivity contribution in [3.8, 4) is 11.3 Å². The zero-order chi connectivity index (χ0) is 27.0. The first kappa shape index (κ1) is 22.9. The summed E-state index contributed by atoms with van der Waals surface area (Å²) in [4.78, 5) is 14.6. The van der Waals surface area contributed by atoms with E-state index >= 15 is 0 Å². The van der Waals surface area contributed by atoms with Gasteiger partial charge in [-0.05, 0) is 60.3 Å². The second kappa shape index (κ2) is 8.23.